The minimum atomic E-state index is -4.71. The van der Waals surface area contributed by atoms with Gasteiger partial charge in [-0.3, -0.25) is 14.5 Å². The number of hydrogen-bond acceptors (Lipinski definition) is 19. The lowest BCUT2D eigenvalue weighted by Crippen LogP contribution is -2.54. The van der Waals surface area contributed by atoms with Gasteiger partial charge in [-0.1, -0.05) is 38.1 Å². The summed E-state index contributed by atoms with van der Waals surface area (Å²) in [4.78, 5) is 58.9. The Labute approximate surface area is 458 Å². The number of para-hydroxylation sites is 1. The molecule has 1 aliphatic carbocycles. The molecule has 2 amide bonds. The number of benzene rings is 2. The van der Waals surface area contributed by atoms with E-state index in [0.717, 1.165) is 68.6 Å². The number of piperidine rings is 1. The first-order chi connectivity index (χ1) is 38.0. The first-order valence-corrected chi connectivity index (χ1v) is 28.6. The minimum absolute atomic E-state index is 0.0162. The van der Waals surface area contributed by atoms with E-state index in [1.165, 1.54) is 4.90 Å². The first kappa shape index (κ1) is 55.4. The number of nitrogens with zero attached hydrogens (tertiary/aromatic N) is 9. The summed E-state index contributed by atoms with van der Waals surface area (Å²) in [6.45, 7) is 9.23. The van der Waals surface area contributed by atoms with Crippen LogP contribution in [-0.2, 0) is 23.4 Å². The van der Waals surface area contributed by atoms with Crippen molar-refractivity contribution in [1.29, 1.82) is 5.26 Å². The van der Waals surface area contributed by atoms with Crippen LogP contribution >= 0.6 is 7.82 Å². The van der Waals surface area contributed by atoms with Gasteiger partial charge < -0.3 is 64.1 Å². The van der Waals surface area contributed by atoms with Crippen LogP contribution in [0, 0.1) is 17.2 Å². The molecule has 5 aliphatic rings. The molecule has 1 saturated carbocycles. The topological polar surface area (TPSA) is 298 Å². The lowest BCUT2D eigenvalue weighted by Gasteiger charge is -2.43. The number of nitrogens with two attached hydrogens (primary N) is 1. The van der Waals surface area contributed by atoms with Crippen molar-refractivity contribution in [3.8, 4) is 34.8 Å². The van der Waals surface area contributed by atoms with Crippen molar-refractivity contribution in [3.05, 3.63) is 95.9 Å². The van der Waals surface area contributed by atoms with E-state index in [1.54, 1.807) is 48.5 Å². The smallest absolute Gasteiger partial charge is 0.472 e. The maximum absolute atomic E-state index is 14.1. The van der Waals surface area contributed by atoms with Crippen molar-refractivity contribution >= 4 is 36.8 Å². The quantitative estimate of drug-likeness (QED) is 0.0458. The van der Waals surface area contributed by atoms with Crippen LogP contribution in [0.5, 0.6) is 17.5 Å². The van der Waals surface area contributed by atoms with Crippen molar-refractivity contribution in [2.45, 2.75) is 120 Å². The van der Waals surface area contributed by atoms with E-state index in [1.807, 2.05) is 51.2 Å². The Balaban J connectivity index is 0.645. The van der Waals surface area contributed by atoms with Crippen LogP contribution in [0.25, 0.3) is 11.3 Å². The van der Waals surface area contributed by atoms with Gasteiger partial charge in [0.2, 0.25) is 17.7 Å². The third-order valence-electron chi connectivity index (χ3n) is 15.7. The molecule has 0 spiro atoms. The van der Waals surface area contributed by atoms with Gasteiger partial charge in [0.15, 0.2) is 18.4 Å². The number of rotatable bonds is 21. The molecule has 4 aliphatic heterocycles. The van der Waals surface area contributed by atoms with E-state index in [2.05, 4.69) is 50.9 Å². The SMILES string of the molecule is CC(C)[C@@H](C(=O)N1C[C@H](O)C[C@H]1C(=O)N[C@@H](C)c1ccc(C#N)cc1)c1cc(OCCN2CCC(OC3CC(Oc4cc(N5C6CCC5CN(c5cc(-c7ccccc7OCOP(=O)(O)O)nnc5N)C6)ccn4)C3)CC2)no1. The summed E-state index contributed by atoms with van der Waals surface area (Å²) in [5.41, 5.74) is 10.7. The molecule has 4 saturated heterocycles. The zero-order chi connectivity index (χ0) is 55.4. The number of aromatic nitrogens is 4. The Morgan fingerprint density at radius 3 is 2.37 bits per heavy atom. The second kappa shape index (κ2) is 24.2. The Hall–Kier alpha value is -6.90. The summed E-state index contributed by atoms with van der Waals surface area (Å²) in [7, 11) is -4.71. The second-order valence-electron chi connectivity index (χ2n) is 21.4. The fraction of sp³-hybridized carbons (Fsp3) is 0.509. The molecule has 7 heterocycles. The number of aliphatic hydroxyl groups is 1. The monoisotopic (exact) mass is 1110 g/mol. The van der Waals surface area contributed by atoms with Gasteiger partial charge >= 0.3 is 7.82 Å². The molecule has 420 valence electrons. The van der Waals surface area contributed by atoms with Crippen LogP contribution in [-0.4, -0.2) is 152 Å². The first-order valence-electron chi connectivity index (χ1n) is 27.0. The molecule has 6 N–H and O–H groups in total. The number of hydrogen-bond donors (Lipinski definition) is 5. The molecular formula is C55H68N11O12P. The molecule has 5 fully saturated rings. The molecule has 2 unspecified atom stereocenters. The number of nitrogen functional groups attached to an aromatic ring is 1. The lowest BCUT2D eigenvalue weighted by atomic mass is 9.91. The minimum Gasteiger partial charge on any atom is -0.474 e. The molecule has 2 aromatic carbocycles. The van der Waals surface area contributed by atoms with E-state index in [0.29, 0.717) is 66.3 Å². The molecule has 5 aromatic rings. The summed E-state index contributed by atoms with van der Waals surface area (Å²) in [5.74, 6) is 0.200. The van der Waals surface area contributed by atoms with Crippen molar-refractivity contribution in [2.24, 2.45) is 5.92 Å². The average Bonchev–Trinajstić information content (AvgIpc) is 4.24. The Kier molecular flexibility index (Phi) is 17.0. The van der Waals surface area contributed by atoms with Crippen LogP contribution in [0.3, 0.4) is 0 Å². The number of piperazine rings is 1. The summed E-state index contributed by atoms with van der Waals surface area (Å²) >= 11 is 0. The number of β-amino-alcohol motifs (C(OH)–C–C–N with tert-alkyl or cyclic N) is 1. The molecular weight excluding hydrogens is 1040 g/mol. The number of nitriles is 1. The van der Waals surface area contributed by atoms with Gasteiger partial charge in [-0.05, 0) is 85.6 Å². The fourth-order valence-corrected chi connectivity index (χ4v) is 11.7. The zero-order valence-electron chi connectivity index (χ0n) is 44.5. The highest BCUT2D eigenvalue weighted by atomic mass is 31.2. The standard InChI is InChI=1S/C55H68N11O12P/c1-33(2)52(55(69)65-31-40(67)23-47(65)54(68)59-34(3)36-10-8-35(28-56)9-11-36)49-27-51(62-78-49)73-21-20-63-18-15-41(16-19-63)76-42-24-43(25-42)77-50-22-37(14-17-58-50)66-38-12-13-39(66)30-64(29-38)46-26-45(60-61-53(46)57)44-6-4-5-7-48(44)74-32-75-79(70,71)72/h4-11,14,17,22,26-27,33-34,38-43,47,52,67H,12-13,15-16,18-21,23-25,29-32H2,1-3H3,(H2,57,61)(H,59,68)(H2,70,71,72)/t34-,38?,39?,40+,42?,43?,47-,52+/m0/s1. The third kappa shape index (κ3) is 13.2. The van der Waals surface area contributed by atoms with Gasteiger partial charge in [0.25, 0.3) is 5.88 Å². The number of nitrogens with one attached hydrogen (secondary N) is 1. The van der Waals surface area contributed by atoms with Crippen LogP contribution in [0.2, 0.25) is 0 Å². The molecule has 79 heavy (non-hydrogen) atoms. The third-order valence-corrected chi connectivity index (χ3v) is 16.1. The van der Waals surface area contributed by atoms with Gasteiger partial charge in [-0.25, -0.2) is 14.1 Å². The number of fused-ring (bicyclic) bond motifs is 2. The maximum atomic E-state index is 14.1. The number of anilines is 3. The van der Waals surface area contributed by atoms with Crippen molar-refractivity contribution in [1.82, 2.24) is 35.5 Å². The van der Waals surface area contributed by atoms with Crippen LogP contribution < -0.4 is 35.1 Å². The van der Waals surface area contributed by atoms with Gasteiger partial charge in [0.1, 0.15) is 30.4 Å². The van der Waals surface area contributed by atoms with Crippen molar-refractivity contribution in [3.63, 3.8) is 0 Å². The Bertz CT molecular complexity index is 3000. The number of phosphoric ester groups is 1. The average molecular weight is 1110 g/mol. The normalized spacial score (nSPS) is 23.2. The second-order valence-corrected chi connectivity index (χ2v) is 22.7. The Morgan fingerprint density at radius 1 is 0.899 bits per heavy atom. The highest BCUT2D eigenvalue weighted by Crippen LogP contribution is 2.42. The van der Waals surface area contributed by atoms with E-state index in [9.17, 15) is 19.3 Å². The highest BCUT2D eigenvalue weighted by molar-refractivity contribution is 7.46. The van der Waals surface area contributed by atoms with Crippen molar-refractivity contribution in [2.75, 3.05) is 68.2 Å². The van der Waals surface area contributed by atoms with E-state index >= 15 is 0 Å². The molecule has 23 nitrogen and oxygen atoms in total. The number of likely N-dealkylation sites (tertiary alicyclic amines) is 2. The van der Waals surface area contributed by atoms with Crippen LogP contribution in [0.1, 0.15) is 94.6 Å². The number of aliphatic hydroxyl groups excluding tert-OH is 1. The molecule has 3 aromatic heterocycles. The molecule has 0 radical (unpaired) electrons. The number of amides is 2. The molecule has 10 rings (SSSR count). The summed E-state index contributed by atoms with van der Waals surface area (Å²) < 4.78 is 45.9. The van der Waals surface area contributed by atoms with E-state index in [-0.39, 0.29) is 73.0 Å². The largest absolute Gasteiger partial charge is 0.474 e. The predicted molar refractivity (Wildman–Crippen MR) is 288 cm³/mol. The number of ether oxygens (including phenoxy) is 4. The van der Waals surface area contributed by atoms with E-state index in [4.69, 9.17) is 44.3 Å². The Morgan fingerprint density at radius 2 is 1.65 bits per heavy atom. The highest BCUT2D eigenvalue weighted by Gasteiger charge is 2.45. The summed E-state index contributed by atoms with van der Waals surface area (Å²) in [6, 6.07) is 22.8. The molecule has 6 atom stereocenters. The zero-order valence-corrected chi connectivity index (χ0v) is 45.3. The van der Waals surface area contributed by atoms with Gasteiger partial charge in [0.05, 0.1) is 47.4 Å². The fourth-order valence-electron chi connectivity index (χ4n) is 11.5. The summed E-state index contributed by atoms with van der Waals surface area (Å²) in [6.07, 6.45) is 6.78. The number of phosphoric acid groups is 1. The predicted octanol–water partition coefficient (Wildman–Crippen LogP) is 5.33. The molecule has 2 bridgehead atoms. The molecule has 24 heteroatoms. The van der Waals surface area contributed by atoms with Gasteiger partial charge in [0, 0.05) is 100 Å². The van der Waals surface area contributed by atoms with Crippen molar-refractivity contribution < 1.29 is 57.0 Å². The number of pyridine rings is 1. The van der Waals surface area contributed by atoms with E-state index < -0.39 is 32.7 Å². The van der Waals surface area contributed by atoms with Gasteiger partial charge in [-0.2, -0.15) is 5.26 Å². The van der Waals surface area contributed by atoms with Gasteiger partial charge in [-0.15, -0.1) is 10.2 Å². The van der Waals surface area contributed by atoms with Crippen LogP contribution in [0.15, 0.2) is 83.5 Å². The van der Waals surface area contributed by atoms with Crippen LogP contribution in [0.4, 0.5) is 17.2 Å². The maximum Gasteiger partial charge on any atom is 0.472 e. The number of carbonyl (C=O) groups is 2. The summed E-state index contributed by atoms with van der Waals surface area (Å²) in [5, 5.41) is 35.5. The lowest BCUT2D eigenvalue weighted by molar-refractivity contribution is -0.141. The number of carbonyl (C=O) groups excluding carboxylic acids is 2.